The topological polar surface area (TPSA) is 27.8 Å². The summed E-state index contributed by atoms with van der Waals surface area (Å²) >= 11 is 0. The fourth-order valence-corrected chi connectivity index (χ4v) is 3.22. The van der Waals surface area contributed by atoms with Crippen LogP contribution in [0.3, 0.4) is 0 Å². The van der Waals surface area contributed by atoms with Gasteiger partial charge in [0, 0.05) is 23.1 Å². The van der Waals surface area contributed by atoms with Crippen LogP contribution < -0.4 is 5.32 Å². The van der Waals surface area contributed by atoms with Crippen LogP contribution in [0.5, 0.6) is 0 Å². The molecule has 4 rings (SSSR count). The van der Waals surface area contributed by atoms with E-state index < -0.39 is 0 Å². The predicted molar refractivity (Wildman–Crippen MR) is 83.0 cm³/mol. The van der Waals surface area contributed by atoms with Gasteiger partial charge in [-0.2, -0.15) is 0 Å². The van der Waals surface area contributed by atoms with E-state index in [9.17, 15) is 0 Å². The molecule has 0 radical (unpaired) electrons. The van der Waals surface area contributed by atoms with Crippen LogP contribution in [0.2, 0.25) is 0 Å². The minimum Gasteiger partial charge on any atom is -0.357 e. The number of hydrogen-bond acceptors (Lipinski definition) is 1. The molecule has 2 aromatic carbocycles. The Balaban J connectivity index is 1.87. The third-order valence-electron chi connectivity index (χ3n) is 4.27. The molecule has 1 aliphatic rings. The largest absolute Gasteiger partial charge is 0.357 e. The molecule has 0 saturated heterocycles. The van der Waals surface area contributed by atoms with Crippen molar-refractivity contribution in [3.05, 3.63) is 70.9 Å². The van der Waals surface area contributed by atoms with Crippen molar-refractivity contribution in [2.75, 3.05) is 6.54 Å². The quantitative estimate of drug-likeness (QED) is 0.687. The van der Waals surface area contributed by atoms with Gasteiger partial charge in [0.2, 0.25) is 0 Å². The molecule has 2 N–H and O–H groups in total. The summed E-state index contributed by atoms with van der Waals surface area (Å²) < 4.78 is 0. The molecular formula is C18H18N2. The van der Waals surface area contributed by atoms with Crippen molar-refractivity contribution in [1.82, 2.24) is 10.3 Å². The maximum atomic E-state index is 3.64. The highest BCUT2D eigenvalue weighted by atomic mass is 15.0. The zero-order valence-electron chi connectivity index (χ0n) is 11.6. The van der Waals surface area contributed by atoms with Crippen LogP contribution in [0, 0.1) is 6.92 Å². The summed E-state index contributed by atoms with van der Waals surface area (Å²) in [6.45, 7) is 3.17. The van der Waals surface area contributed by atoms with E-state index in [4.69, 9.17) is 0 Å². The maximum absolute atomic E-state index is 3.64. The van der Waals surface area contributed by atoms with Crippen LogP contribution in [0.1, 0.15) is 28.4 Å². The van der Waals surface area contributed by atoms with Gasteiger partial charge in [-0.15, -0.1) is 0 Å². The number of benzene rings is 2. The normalized spacial score (nSPS) is 18.1. The summed E-state index contributed by atoms with van der Waals surface area (Å²) in [5.41, 5.74) is 6.70. The minimum absolute atomic E-state index is 0.284. The summed E-state index contributed by atoms with van der Waals surface area (Å²) in [6.07, 6.45) is 1.10. The van der Waals surface area contributed by atoms with Gasteiger partial charge in [0.05, 0.1) is 6.04 Å². The van der Waals surface area contributed by atoms with Crippen LogP contribution in [0.4, 0.5) is 0 Å². The van der Waals surface area contributed by atoms with Crippen LogP contribution in [-0.4, -0.2) is 11.5 Å². The van der Waals surface area contributed by atoms with E-state index >= 15 is 0 Å². The van der Waals surface area contributed by atoms with Gasteiger partial charge < -0.3 is 10.3 Å². The molecule has 1 aromatic heterocycles. The molecule has 2 heteroatoms. The number of aromatic amines is 1. The highest BCUT2D eigenvalue weighted by Gasteiger charge is 2.24. The number of para-hydroxylation sites is 1. The number of H-pyrrole nitrogens is 1. The summed E-state index contributed by atoms with van der Waals surface area (Å²) in [5.74, 6) is 0. The molecule has 0 amide bonds. The van der Waals surface area contributed by atoms with Gasteiger partial charge in [0.15, 0.2) is 0 Å². The first kappa shape index (κ1) is 11.7. The number of aryl methyl sites for hydroxylation is 1. The molecule has 3 aromatic rings. The van der Waals surface area contributed by atoms with E-state index in [2.05, 4.69) is 65.8 Å². The lowest BCUT2D eigenvalue weighted by Crippen LogP contribution is -2.30. The van der Waals surface area contributed by atoms with Crippen molar-refractivity contribution >= 4 is 10.9 Å². The molecule has 0 fully saturated rings. The van der Waals surface area contributed by atoms with Crippen LogP contribution in [0.25, 0.3) is 10.9 Å². The molecule has 1 aliphatic heterocycles. The van der Waals surface area contributed by atoms with Gasteiger partial charge in [0.1, 0.15) is 0 Å². The molecule has 0 aliphatic carbocycles. The van der Waals surface area contributed by atoms with Crippen LogP contribution >= 0.6 is 0 Å². The molecule has 0 bridgehead atoms. The zero-order chi connectivity index (χ0) is 13.5. The first-order valence-corrected chi connectivity index (χ1v) is 7.22. The van der Waals surface area contributed by atoms with E-state index in [1.807, 2.05) is 0 Å². The highest BCUT2D eigenvalue weighted by molar-refractivity contribution is 5.85. The first-order chi connectivity index (χ1) is 9.83. The lowest BCUT2D eigenvalue weighted by Gasteiger charge is -2.25. The second-order valence-electron chi connectivity index (χ2n) is 5.61. The van der Waals surface area contributed by atoms with E-state index in [1.165, 1.54) is 33.3 Å². The summed E-state index contributed by atoms with van der Waals surface area (Å²) in [6, 6.07) is 17.7. The van der Waals surface area contributed by atoms with Crippen molar-refractivity contribution in [2.24, 2.45) is 0 Å². The van der Waals surface area contributed by atoms with Crippen molar-refractivity contribution in [1.29, 1.82) is 0 Å². The van der Waals surface area contributed by atoms with E-state index in [0.29, 0.717) is 0 Å². The predicted octanol–water partition coefficient (Wildman–Crippen LogP) is 3.71. The number of fused-ring (bicyclic) bond motifs is 3. The number of nitrogens with one attached hydrogen (secondary N) is 2. The zero-order valence-corrected chi connectivity index (χ0v) is 11.6. The SMILES string of the molecule is Cc1ccc([C@H]2NCCc3c2[nH]c2ccccc32)cc1. The molecule has 0 saturated carbocycles. The molecule has 100 valence electrons. The number of hydrogen-bond donors (Lipinski definition) is 2. The second-order valence-corrected chi connectivity index (χ2v) is 5.61. The van der Waals surface area contributed by atoms with Gasteiger partial charge >= 0.3 is 0 Å². The number of aromatic nitrogens is 1. The van der Waals surface area contributed by atoms with Crippen molar-refractivity contribution < 1.29 is 0 Å². The first-order valence-electron chi connectivity index (χ1n) is 7.22. The molecule has 0 spiro atoms. The standard InChI is InChI=1S/C18H18N2/c1-12-6-8-13(9-7-12)17-18-15(10-11-19-17)14-4-2-3-5-16(14)20-18/h2-9,17,19-20H,10-11H2,1H3/t17-/m1/s1. The fraction of sp³-hybridized carbons (Fsp3) is 0.222. The Morgan fingerprint density at radius 1 is 1.00 bits per heavy atom. The monoisotopic (exact) mass is 262 g/mol. The Hall–Kier alpha value is -2.06. The van der Waals surface area contributed by atoms with Crippen LogP contribution in [-0.2, 0) is 6.42 Å². The van der Waals surface area contributed by atoms with Crippen LogP contribution in [0.15, 0.2) is 48.5 Å². The molecule has 2 heterocycles. The Labute approximate surface area is 118 Å². The fourth-order valence-electron chi connectivity index (χ4n) is 3.22. The Kier molecular flexibility index (Phi) is 2.64. The highest BCUT2D eigenvalue weighted by Crippen LogP contribution is 2.33. The third-order valence-corrected chi connectivity index (χ3v) is 4.27. The van der Waals surface area contributed by atoms with Crippen molar-refractivity contribution in [3.63, 3.8) is 0 Å². The van der Waals surface area contributed by atoms with E-state index in [1.54, 1.807) is 0 Å². The second kappa shape index (κ2) is 4.50. The lowest BCUT2D eigenvalue weighted by atomic mass is 9.94. The summed E-state index contributed by atoms with van der Waals surface area (Å²) in [7, 11) is 0. The maximum Gasteiger partial charge on any atom is 0.0732 e. The molecular weight excluding hydrogens is 244 g/mol. The molecule has 20 heavy (non-hydrogen) atoms. The summed E-state index contributed by atoms with van der Waals surface area (Å²) in [5, 5.41) is 5.02. The minimum atomic E-state index is 0.284. The molecule has 1 atom stereocenters. The molecule has 2 nitrogen and oxygen atoms in total. The Morgan fingerprint density at radius 3 is 2.65 bits per heavy atom. The van der Waals surface area contributed by atoms with Crippen molar-refractivity contribution in [3.8, 4) is 0 Å². The summed E-state index contributed by atoms with van der Waals surface area (Å²) in [4.78, 5) is 3.62. The third kappa shape index (κ3) is 1.76. The Bertz CT molecular complexity index is 753. The number of rotatable bonds is 1. The van der Waals surface area contributed by atoms with E-state index in [-0.39, 0.29) is 6.04 Å². The average Bonchev–Trinajstić information content (AvgIpc) is 2.87. The smallest absolute Gasteiger partial charge is 0.0732 e. The van der Waals surface area contributed by atoms with Gasteiger partial charge in [-0.1, -0.05) is 48.0 Å². The Morgan fingerprint density at radius 2 is 1.80 bits per heavy atom. The van der Waals surface area contributed by atoms with Gasteiger partial charge in [-0.3, -0.25) is 0 Å². The van der Waals surface area contributed by atoms with E-state index in [0.717, 1.165) is 13.0 Å². The molecule has 0 unspecified atom stereocenters. The van der Waals surface area contributed by atoms with Gasteiger partial charge in [0.25, 0.3) is 0 Å². The lowest BCUT2D eigenvalue weighted by molar-refractivity contribution is 0.560. The van der Waals surface area contributed by atoms with Gasteiger partial charge in [-0.25, -0.2) is 0 Å². The van der Waals surface area contributed by atoms with Gasteiger partial charge in [-0.05, 0) is 30.5 Å². The van der Waals surface area contributed by atoms with Crippen molar-refractivity contribution in [2.45, 2.75) is 19.4 Å². The average molecular weight is 262 g/mol.